The van der Waals surface area contributed by atoms with Crippen LogP contribution in [-0.2, 0) is 9.31 Å². The Balaban J connectivity index is 1.89. The fraction of sp³-hybridized carbons (Fsp3) is 1.00. The van der Waals surface area contributed by atoms with E-state index < -0.39 is 0 Å². The van der Waals surface area contributed by atoms with Crippen molar-refractivity contribution in [3.63, 3.8) is 0 Å². The van der Waals surface area contributed by atoms with E-state index in [1.807, 2.05) is 0 Å². The van der Waals surface area contributed by atoms with E-state index in [4.69, 9.17) is 9.31 Å². The summed E-state index contributed by atoms with van der Waals surface area (Å²) in [7, 11) is -0.0323. The van der Waals surface area contributed by atoms with Gasteiger partial charge in [0.05, 0.1) is 11.7 Å². The van der Waals surface area contributed by atoms with Crippen molar-refractivity contribution in [1.82, 2.24) is 0 Å². The third-order valence-electron chi connectivity index (χ3n) is 5.13. The minimum absolute atomic E-state index is 0.0311. The van der Waals surface area contributed by atoms with Crippen LogP contribution in [-0.4, -0.2) is 24.1 Å². The van der Waals surface area contributed by atoms with Gasteiger partial charge in [-0.15, -0.1) is 0 Å². The smallest absolute Gasteiger partial charge is 0.405 e. The molecule has 3 saturated carbocycles. The molecule has 4 atom stereocenters. The van der Waals surface area contributed by atoms with Crippen molar-refractivity contribution in [2.24, 2.45) is 17.3 Å². The topological polar surface area (TPSA) is 18.5 Å². The summed E-state index contributed by atoms with van der Waals surface area (Å²) in [4.78, 5) is 0. The first-order valence-electron chi connectivity index (χ1n) is 5.87. The molecule has 0 aromatic heterocycles. The molecule has 1 aliphatic heterocycles. The van der Waals surface area contributed by atoms with Crippen molar-refractivity contribution in [2.45, 2.75) is 45.3 Å². The Hall–Kier alpha value is 0.465. The van der Waals surface area contributed by atoms with Crippen LogP contribution in [0.4, 0.5) is 0 Å². The summed E-state index contributed by atoms with van der Waals surface area (Å²) in [6.07, 6.45) is 2.85. The molecule has 3 aliphatic carbocycles. The Morgan fingerprint density at radius 2 is 2.07 bits per heavy atom. The molecule has 1 saturated heterocycles. The predicted molar refractivity (Wildman–Crippen MR) is 63.9 cm³/mol. The maximum absolute atomic E-state index is 6.12. The van der Waals surface area contributed by atoms with Crippen LogP contribution in [0.3, 0.4) is 0 Å². The normalized spacial score (nSPS) is 51.2. The van der Waals surface area contributed by atoms with E-state index >= 15 is 0 Å². The second kappa shape index (κ2) is 3.02. The van der Waals surface area contributed by atoms with Crippen molar-refractivity contribution in [1.29, 1.82) is 0 Å². The maximum Gasteiger partial charge on any atom is 0.468 e. The number of halogens is 1. The van der Waals surface area contributed by atoms with Gasteiger partial charge in [0.2, 0.25) is 0 Å². The predicted octanol–water partition coefficient (Wildman–Crippen LogP) is 2.65. The van der Waals surface area contributed by atoms with Crippen LogP contribution in [0.1, 0.15) is 33.6 Å². The molecule has 2 bridgehead atoms. The zero-order valence-corrected chi connectivity index (χ0v) is 11.2. The van der Waals surface area contributed by atoms with E-state index in [-0.39, 0.29) is 12.7 Å². The summed E-state index contributed by atoms with van der Waals surface area (Å²) >= 11 is 3.45. The monoisotopic (exact) mass is 272 g/mol. The molecule has 15 heavy (non-hydrogen) atoms. The van der Waals surface area contributed by atoms with Crippen LogP contribution in [0, 0.1) is 17.3 Å². The van der Waals surface area contributed by atoms with Crippen LogP contribution >= 0.6 is 15.9 Å². The molecular formula is C11H18BBrO2. The summed E-state index contributed by atoms with van der Waals surface area (Å²) in [5.41, 5.74) is 0.423. The van der Waals surface area contributed by atoms with E-state index in [1.165, 1.54) is 12.8 Å². The summed E-state index contributed by atoms with van der Waals surface area (Å²) in [6.45, 7) is 7.03. The molecule has 0 radical (unpaired) electrons. The quantitative estimate of drug-likeness (QED) is 0.540. The number of alkyl halides is 1. The zero-order chi connectivity index (χ0) is 10.8. The third kappa shape index (κ3) is 1.19. The summed E-state index contributed by atoms with van der Waals surface area (Å²) in [6, 6.07) is 0. The first kappa shape index (κ1) is 10.6. The number of hydrogen-bond acceptors (Lipinski definition) is 2. The van der Waals surface area contributed by atoms with Crippen LogP contribution < -0.4 is 0 Å². The molecule has 3 unspecified atom stereocenters. The molecule has 0 amide bonds. The lowest BCUT2D eigenvalue weighted by Crippen LogP contribution is -2.65. The van der Waals surface area contributed by atoms with Gasteiger partial charge in [-0.3, -0.25) is 0 Å². The Kier molecular flexibility index (Phi) is 2.14. The van der Waals surface area contributed by atoms with Gasteiger partial charge in [-0.25, -0.2) is 0 Å². The van der Waals surface area contributed by atoms with Gasteiger partial charge in [-0.1, -0.05) is 29.8 Å². The second-order valence-corrected chi connectivity index (χ2v) is 6.70. The molecule has 0 aromatic carbocycles. The molecule has 4 rings (SSSR count). The molecule has 0 spiro atoms. The lowest BCUT2D eigenvalue weighted by atomic mass is 9.43. The summed E-state index contributed by atoms with van der Waals surface area (Å²) in [5, 5.41) is 0.789. The Labute approximate surface area is 100 Å². The summed E-state index contributed by atoms with van der Waals surface area (Å²) < 4.78 is 12.1. The molecule has 84 valence electrons. The van der Waals surface area contributed by atoms with E-state index in [0.717, 1.165) is 11.1 Å². The van der Waals surface area contributed by atoms with Crippen molar-refractivity contribution in [2.75, 3.05) is 5.23 Å². The van der Waals surface area contributed by atoms with Crippen molar-refractivity contribution in [3.05, 3.63) is 0 Å². The fourth-order valence-corrected chi connectivity index (χ4v) is 4.30. The highest BCUT2D eigenvalue weighted by molar-refractivity contribution is 9.09. The molecule has 1 heterocycles. The SMILES string of the molecule is CC1(C)C2CC3OB(CBr)O[C@@]3(C)C1C2. The number of rotatable bonds is 1. The van der Waals surface area contributed by atoms with Gasteiger partial charge in [-0.2, -0.15) is 0 Å². The molecule has 0 aromatic rings. The maximum atomic E-state index is 6.12. The van der Waals surface area contributed by atoms with Gasteiger partial charge in [0, 0.05) is 5.23 Å². The first-order valence-corrected chi connectivity index (χ1v) is 7.00. The molecule has 4 heteroatoms. The van der Waals surface area contributed by atoms with Crippen LogP contribution in [0.5, 0.6) is 0 Å². The molecule has 2 nitrogen and oxygen atoms in total. The first-order chi connectivity index (χ1) is 6.98. The van der Waals surface area contributed by atoms with Crippen molar-refractivity contribution < 1.29 is 9.31 Å². The minimum Gasteiger partial charge on any atom is -0.405 e. The average molecular weight is 273 g/mol. The molecular weight excluding hydrogens is 255 g/mol. The molecule has 0 N–H and O–H groups in total. The van der Waals surface area contributed by atoms with E-state index in [0.29, 0.717) is 17.4 Å². The average Bonchev–Trinajstić information content (AvgIpc) is 2.53. The lowest BCUT2D eigenvalue weighted by Gasteiger charge is -2.64. The Morgan fingerprint density at radius 3 is 2.67 bits per heavy atom. The van der Waals surface area contributed by atoms with E-state index in [1.54, 1.807) is 0 Å². The highest BCUT2D eigenvalue weighted by atomic mass is 79.9. The minimum atomic E-state index is -0.0323. The van der Waals surface area contributed by atoms with Crippen molar-refractivity contribution in [3.8, 4) is 0 Å². The molecule has 4 fully saturated rings. The van der Waals surface area contributed by atoms with Crippen LogP contribution in [0.25, 0.3) is 0 Å². The lowest BCUT2D eigenvalue weighted by molar-refractivity contribution is -0.199. The zero-order valence-electron chi connectivity index (χ0n) is 9.63. The Morgan fingerprint density at radius 1 is 1.33 bits per heavy atom. The second-order valence-electron chi connectivity index (χ2n) is 6.05. The fourth-order valence-electron chi connectivity index (χ4n) is 4.02. The highest BCUT2D eigenvalue weighted by Gasteiger charge is 2.67. The third-order valence-corrected chi connectivity index (χ3v) is 5.66. The van der Waals surface area contributed by atoms with Gasteiger partial charge in [-0.05, 0) is 37.0 Å². The van der Waals surface area contributed by atoms with Gasteiger partial charge in [0.15, 0.2) is 0 Å². The van der Waals surface area contributed by atoms with Gasteiger partial charge >= 0.3 is 7.12 Å². The van der Waals surface area contributed by atoms with Gasteiger partial charge < -0.3 is 9.31 Å². The van der Waals surface area contributed by atoms with Gasteiger partial charge in [0.25, 0.3) is 0 Å². The summed E-state index contributed by atoms with van der Waals surface area (Å²) in [5.74, 6) is 1.52. The van der Waals surface area contributed by atoms with Crippen LogP contribution in [0.2, 0.25) is 0 Å². The Bertz CT molecular complexity index is 296. The molecule has 4 aliphatic rings. The standard InChI is InChI=1S/C11H18BBrO2/c1-10(2)7-4-8(10)11(3)9(5-7)14-12(6-13)15-11/h7-9H,4-6H2,1-3H3/t7?,8?,9?,11-/m0/s1. The highest BCUT2D eigenvalue weighted by Crippen LogP contribution is 2.65. The van der Waals surface area contributed by atoms with E-state index in [2.05, 4.69) is 36.7 Å². The van der Waals surface area contributed by atoms with Gasteiger partial charge in [0.1, 0.15) is 0 Å². The van der Waals surface area contributed by atoms with E-state index in [9.17, 15) is 0 Å². The largest absolute Gasteiger partial charge is 0.468 e. The number of hydrogen-bond donors (Lipinski definition) is 0. The van der Waals surface area contributed by atoms with Crippen LogP contribution in [0.15, 0.2) is 0 Å². The van der Waals surface area contributed by atoms with Crippen molar-refractivity contribution >= 4 is 23.0 Å².